The SMILES string of the molecule is Cc1c([C@@H](C)Nc2nnc(C)c3ncc(N4CCC(N(C)C)C(F)(F)C4)cc23)cccc1C(F)(F)F. The second-order valence-electron chi connectivity index (χ2n) is 9.56. The molecule has 2 aromatic heterocycles. The number of alkyl halides is 5. The molecule has 0 radical (unpaired) electrons. The third-order valence-electron chi connectivity index (χ3n) is 6.82. The van der Waals surface area contributed by atoms with E-state index in [1.807, 2.05) is 0 Å². The van der Waals surface area contributed by atoms with Crippen LogP contribution in [-0.4, -0.2) is 59.2 Å². The summed E-state index contributed by atoms with van der Waals surface area (Å²) in [7, 11) is 3.30. The summed E-state index contributed by atoms with van der Waals surface area (Å²) >= 11 is 0. The molecule has 0 aliphatic carbocycles. The Hall–Kier alpha value is -3.08. The number of pyridine rings is 1. The summed E-state index contributed by atoms with van der Waals surface area (Å²) in [6.07, 6.45) is -2.62. The second kappa shape index (κ2) is 9.42. The minimum atomic E-state index is -4.46. The quantitative estimate of drug-likeness (QED) is 0.453. The molecule has 3 aromatic rings. The Morgan fingerprint density at radius 1 is 1.17 bits per heavy atom. The van der Waals surface area contributed by atoms with E-state index >= 15 is 0 Å². The lowest BCUT2D eigenvalue weighted by atomic mass is 9.97. The van der Waals surface area contributed by atoms with Gasteiger partial charge >= 0.3 is 6.18 Å². The zero-order chi connectivity index (χ0) is 26.4. The van der Waals surface area contributed by atoms with E-state index in [4.69, 9.17) is 0 Å². The molecule has 1 fully saturated rings. The van der Waals surface area contributed by atoms with E-state index < -0.39 is 36.3 Å². The van der Waals surface area contributed by atoms with Gasteiger partial charge in [0.25, 0.3) is 5.92 Å². The topological polar surface area (TPSA) is 57.2 Å². The van der Waals surface area contributed by atoms with Gasteiger partial charge in [-0.3, -0.25) is 4.98 Å². The van der Waals surface area contributed by atoms with Crippen molar-refractivity contribution >= 4 is 22.4 Å². The largest absolute Gasteiger partial charge is 0.416 e. The van der Waals surface area contributed by atoms with Crippen LogP contribution in [0.15, 0.2) is 30.5 Å². The van der Waals surface area contributed by atoms with Gasteiger partial charge in [-0.1, -0.05) is 12.1 Å². The highest BCUT2D eigenvalue weighted by Crippen LogP contribution is 2.37. The van der Waals surface area contributed by atoms with Crippen molar-refractivity contribution in [3.8, 4) is 0 Å². The van der Waals surface area contributed by atoms with Crippen LogP contribution in [0.2, 0.25) is 0 Å². The Balaban J connectivity index is 1.68. The van der Waals surface area contributed by atoms with Crippen LogP contribution in [0.25, 0.3) is 10.9 Å². The van der Waals surface area contributed by atoms with E-state index in [0.29, 0.717) is 46.6 Å². The number of piperidine rings is 1. The number of rotatable bonds is 5. The molecule has 1 aliphatic heterocycles. The number of halogens is 5. The molecule has 1 N–H and O–H groups in total. The third kappa shape index (κ3) is 4.93. The molecule has 2 atom stereocenters. The van der Waals surface area contributed by atoms with E-state index in [-0.39, 0.29) is 5.56 Å². The van der Waals surface area contributed by atoms with Crippen LogP contribution in [0, 0.1) is 13.8 Å². The predicted molar refractivity (Wildman–Crippen MR) is 130 cm³/mol. The maximum absolute atomic E-state index is 14.8. The Labute approximate surface area is 206 Å². The Kier molecular flexibility index (Phi) is 6.80. The number of anilines is 2. The number of nitrogens with zero attached hydrogens (tertiary/aromatic N) is 5. The number of aromatic nitrogens is 3. The average molecular weight is 509 g/mol. The van der Waals surface area contributed by atoms with Gasteiger partial charge in [0.1, 0.15) is 0 Å². The van der Waals surface area contributed by atoms with Gasteiger partial charge < -0.3 is 15.1 Å². The van der Waals surface area contributed by atoms with E-state index in [1.165, 1.54) is 13.0 Å². The summed E-state index contributed by atoms with van der Waals surface area (Å²) in [6, 6.07) is 4.43. The Bertz CT molecular complexity index is 1260. The van der Waals surface area contributed by atoms with Crippen LogP contribution in [-0.2, 0) is 6.18 Å². The van der Waals surface area contributed by atoms with Crippen LogP contribution in [0.1, 0.15) is 41.8 Å². The van der Waals surface area contributed by atoms with Gasteiger partial charge in [0.15, 0.2) is 5.82 Å². The van der Waals surface area contributed by atoms with Crippen molar-refractivity contribution in [2.45, 2.75) is 51.4 Å². The van der Waals surface area contributed by atoms with Crippen LogP contribution < -0.4 is 10.2 Å². The molecule has 1 aromatic carbocycles. The van der Waals surface area contributed by atoms with Crippen molar-refractivity contribution in [3.63, 3.8) is 0 Å². The summed E-state index contributed by atoms with van der Waals surface area (Å²) in [6.45, 7) is 4.91. The minimum Gasteiger partial charge on any atom is -0.364 e. The fraction of sp³-hybridized carbons (Fsp3) is 0.480. The maximum Gasteiger partial charge on any atom is 0.416 e. The predicted octanol–water partition coefficient (Wildman–Crippen LogP) is 5.61. The molecular formula is C25H29F5N6. The molecule has 11 heteroatoms. The summed E-state index contributed by atoms with van der Waals surface area (Å²) in [5.41, 5.74) is 1.52. The van der Waals surface area contributed by atoms with Gasteiger partial charge in [-0.15, -0.1) is 5.10 Å². The fourth-order valence-electron chi connectivity index (χ4n) is 4.93. The highest BCUT2D eigenvalue weighted by molar-refractivity contribution is 5.92. The van der Waals surface area contributed by atoms with Crippen molar-refractivity contribution < 1.29 is 22.0 Å². The number of hydrogen-bond acceptors (Lipinski definition) is 6. The van der Waals surface area contributed by atoms with Crippen molar-refractivity contribution in [2.75, 3.05) is 37.4 Å². The van der Waals surface area contributed by atoms with Gasteiger partial charge in [0.2, 0.25) is 0 Å². The maximum atomic E-state index is 14.8. The molecule has 0 saturated carbocycles. The van der Waals surface area contributed by atoms with Gasteiger partial charge in [-0.05, 0) is 64.5 Å². The molecule has 194 valence electrons. The standard InChI is InChI=1S/C25H29F5N6/c1-14-18(7-6-8-20(14)25(28,29)30)15(2)32-23-19-11-17(12-31-22(19)16(3)33-34-23)36-10-9-21(35(4)5)24(26,27)13-36/h6-8,11-12,15,21H,9-10,13H2,1-5H3,(H,32,34)/t15-,21?/m1/s1. The monoisotopic (exact) mass is 508 g/mol. The molecule has 0 bridgehead atoms. The summed E-state index contributed by atoms with van der Waals surface area (Å²) in [5, 5.41) is 12.1. The second-order valence-corrected chi connectivity index (χ2v) is 9.56. The van der Waals surface area contributed by atoms with Gasteiger partial charge in [0.05, 0.1) is 47.3 Å². The number of benzene rings is 1. The zero-order valence-electron chi connectivity index (χ0n) is 20.8. The lowest BCUT2D eigenvalue weighted by Gasteiger charge is -2.42. The number of nitrogens with one attached hydrogen (secondary N) is 1. The molecular weight excluding hydrogens is 479 g/mol. The van der Waals surface area contributed by atoms with Crippen molar-refractivity contribution in [1.82, 2.24) is 20.1 Å². The molecule has 3 heterocycles. The van der Waals surface area contributed by atoms with E-state index in [2.05, 4.69) is 20.5 Å². The summed E-state index contributed by atoms with van der Waals surface area (Å²) in [5.74, 6) is -2.58. The molecule has 1 unspecified atom stereocenters. The normalized spacial score (nSPS) is 19.1. The minimum absolute atomic E-state index is 0.124. The fourth-order valence-corrected chi connectivity index (χ4v) is 4.93. The third-order valence-corrected chi connectivity index (χ3v) is 6.82. The van der Waals surface area contributed by atoms with Crippen LogP contribution in [0.4, 0.5) is 33.5 Å². The van der Waals surface area contributed by atoms with Crippen molar-refractivity contribution in [1.29, 1.82) is 0 Å². The van der Waals surface area contributed by atoms with Gasteiger partial charge in [0, 0.05) is 11.9 Å². The highest BCUT2D eigenvalue weighted by atomic mass is 19.4. The average Bonchev–Trinajstić information content (AvgIpc) is 2.79. The molecule has 0 spiro atoms. The summed E-state index contributed by atoms with van der Waals surface area (Å²) in [4.78, 5) is 7.63. The molecule has 4 rings (SSSR count). The first-order chi connectivity index (χ1) is 16.8. The van der Waals surface area contributed by atoms with Crippen molar-refractivity contribution in [3.05, 3.63) is 52.8 Å². The van der Waals surface area contributed by atoms with Crippen molar-refractivity contribution in [2.24, 2.45) is 0 Å². The molecule has 6 nitrogen and oxygen atoms in total. The number of fused-ring (bicyclic) bond motifs is 1. The van der Waals surface area contributed by atoms with Gasteiger partial charge in [-0.2, -0.15) is 18.3 Å². The highest BCUT2D eigenvalue weighted by Gasteiger charge is 2.46. The lowest BCUT2D eigenvalue weighted by molar-refractivity contribution is -0.138. The first-order valence-corrected chi connectivity index (χ1v) is 11.6. The van der Waals surface area contributed by atoms with Crippen LogP contribution in [0.3, 0.4) is 0 Å². The van der Waals surface area contributed by atoms with E-state index in [0.717, 1.165) is 6.07 Å². The Morgan fingerprint density at radius 2 is 1.89 bits per heavy atom. The smallest absolute Gasteiger partial charge is 0.364 e. The molecule has 36 heavy (non-hydrogen) atoms. The van der Waals surface area contributed by atoms with Crippen LogP contribution >= 0.6 is 0 Å². The number of hydrogen-bond donors (Lipinski definition) is 1. The first kappa shape index (κ1) is 26.0. The lowest BCUT2D eigenvalue weighted by Crippen LogP contribution is -2.56. The molecule has 1 aliphatic rings. The zero-order valence-corrected chi connectivity index (χ0v) is 20.8. The first-order valence-electron chi connectivity index (χ1n) is 11.6. The summed E-state index contributed by atoms with van der Waals surface area (Å²) < 4.78 is 69.8. The molecule has 1 saturated heterocycles. The van der Waals surface area contributed by atoms with Gasteiger partial charge in [-0.25, -0.2) is 8.78 Å². The Morgan fingerprint density at radius 3 is 2.53 bits per heavy atom. The van der Waals surface area contributed by atoms with Crippen LogP contribution in [0.5, 0.6) is 0 Å². The van der Waals surface area contributed by atoms with E-state index in [1.54, 1.807) is 56.1 Å². The van der Waals surface area contributed by atoms with E-state index in [9.17, 15) is 22.0 Å². The number of aryl methyl sites for hydroxylation is 1. The molecule has 0 amide bonds.